The second kappa shape index (κ2) is 15.3. The highest BCUT2D eigenvalue weighted by molar-refractivity contribution is 9.10. The van der Waals surface area contributed by atoms with Crippen molar-refractivity contribution in [1.82, 2.24) is 19.7 Å². The Kier molecular flexibility index (Phi) is 11.0. The van der Waals surface area contributed by atoms with E-state index in [1.165, 1.54) is 34.7 Å². The van der Waals surface area contributed by atoms with Crippen LogP contribution in [0.4, 0.5) is 13.2 Å². The Labute approximate surface area is 275 Å². The topological polar surface area (TPSA) is 56.8 Å². The number of pyridine rings is 1. The van der Waals surface area contributed by atoms with Gasteiger partial charge in [-0.2, -0.15) is 13.2 Å². The molecule has 0 radical (unpaired) electrons. The largest absolute Gasteiger partial charge is 0.416 e. The van der Waals surface area contributed by atoms with Crippen molar-refractivity contribution in [2.45, 2.75) is 31.7 Å². The van der Waals surface area contributed by atoms with Crippen LogP contribution in [0.5, 0.6) is 0 Å². The van der Waals surface area contributed by atoms with Crippen LogP contribution >= 0.6 is 15.9 Å². The molecule has 6 nitrogen and oxygen atoms in total. The molecule has 10 heteroatoms. The zero-order valence-electron chi connectivity index (χ0n) is 25.1. The molecule has 0 spiro atoms. The first kappa shape index (κ1) is 33.1. The Balaban J connectivity index is 1.40. The number of rotatable bonds is 10. The third-order valence-corrected chi connectivity index (χ3v) is 8.42. The van der Waals surface area contributed by atoms with Crippen molar-refractivity contribution in [3.8, 4) is 0 Å². The SMILES string of the molecule is O=C([C@H](Cc1ccccc1)N(Cc1ccc(Br)nc1)C(=O)/C=C/c1ccc(C(F)(F)F)cc1)N1CCN(Cc2ccccc2)CC1. The monoisotopic (exact) mass is 690 g/mol. The van der Waals surface area contributed by atoms with Gasteiger partial charge in [0.15, 0.2) is 0 Å². The fourth-order valence-corrected chi connectivity index (χ4v) is 5.67. The van der Waals surface area contributed by atoms with E-state index in [0.717, 1.165) is 29.8 Å². The van der Waals surface area contributed by atoms with Crippen LogP contribution in [0.3, 0.4) is 0 Å². The van der Waals surface area contributed by atoms with Crippen molar-refractivity contribution in [3.05, 3.63) is 142 Å². The normalized spacial score (nSPS) is 14.7. The van der Waals surface area contributed by atoms with Crippen molar-refractivity contribution in [3.63, 3.8) is 0 Å². The van der Waals surface area contributed by atoms with Crippen LogP contribution in [-0.2, 0) is 35.3 Å². The van der Waals surface area contributed by atoms with Gasteiger partial charge in [0.25, 0.3) is 0 Å². The molecule has 5 rings (SSSR count). The maximum Gasteiger partial charge on any atom is 0.416 e. The molecule has 0 bridgehead atoms. The molecule has 3 aromatic carbocycles. The summed E-state index contributed by atoms with van der Waals surface area (Å²) in [7, 11) is 0. The molecule has 1 atom stereocenters. The number of hydrogen-bond donors (Lipinski definition) is 0. The van der Waals surface area contributed by atoms with Crippen molar-refractivity contribution in [2.24, 2.45) is 0 Å². The molecule has 1 saturated heterocycles. The quantitative estimate of drug-likeness (QED) is 0.135. The van der Waals surface area contributed by atoms with Gasteiger partial charge in [0.1, 0.15) is 10.6 Å². The van der Waals surface area contributed by atoms with Crippen LogP contribution in [0.1, 0.15) is 27.8 Å². The van der Waals surface area contributed by atoms with Crippen LogP contribution in [0.15, 0.2) is 114 Å². The summed E-state index contributed by atoms with van der Waals surface area (Å²) in [5.74, 6) is -0.579. The van der Waals surface area contributed by atoms with Crippen molar-refractivity contribution in [2.75, 3.05) is 26.2 Å². The van der Waals surface area contributed by atoms with Gasteiger partial charge in [-0.3, -0.25) is 14.5 Å². The number of aromatic nitrogens is 1. The van der Waals surface area contributed by atoms with Gasteiger partial charge in [-0.05, 0) is 62.5 Å². The molecule has 46 heavy (non-hydrogen) atoms. The lowest BCUT2D eigenvalue weighted by atomic mass is 10.0. The fourth-order valence-electron chi connectivity index (χ4n) is 5.43. The number of halogens is 4. The average Bonchev–Trinajstić information content (AvgIpc) is 3.07. The third kappa shape index (κ3) is 9.14. The van der Waals surface area contributed by atoms with Gasteiger partial charge in [0, 0.05) is 58.0 Å². The van der Waals surface area contributed by atoms with Crippen LogP contribution < -0.4 is 0 Å². The Morgan fingerprint density at radius 2 is 1.46 bits per heavy atom. The summed E-state index contributed by atoms with van der Waals surface area (Å²) in [5.41, 5.74) is 2.52. The maximum absolute atomic E-state index is 14.3. The maximum atomic E-state index is 14.3. The summed E-state index contributed by atoms with van der Waals surface area (Å²) in [6.45, 7) is 3.38. The van der Waals surface area contributed by atoms with Gasteiger partial charge in [-0.15, -0.1) is 0 Å². The minimum absolute atomic E-state index is 0.119. The molecule has 2 amide bonds. The lowest BCUT2D eigenvalue weighted by molar-refractivity contribution is -0.145. The van der Waals surface area contributed by atoms with Crippen molar-refractivity contribution < 1.29 is 22.8 Å². The lowest BCUT2D eigenvalue weighted by Gasteiger charge is -2.39. The van der Waals surface area contributed by atoms with E-state index in [0.29, 0.717) is 42.8 Å². The average molecular weight is 692 g/mol. The second-order valence-electron chi connectivity index (χ2n) is 11.2. The number of carbonyl (C=O) groups excluding carboxylic acids is 2. The van der Waals surface area contributed by atoms with Gasteiger partial charge in [-0.25, -0.2) is 4.98 Å². The highest BCUT2D eigenvalue weighted by Gasteiger charge is 2.34. The zero-order valence-corrected chi connectivity index (χ0v) is 26.7. The molecule has 1 aliphatic rings. The summed E-state index contributed by atoms with van der Waals surface area (Å²) >= 11 is 3.34. The molecular weight excluding hydrogens is 657 g/mol. The molecule has 0 aliphatic carbocycles. The van der Waals surface area contributed by atoms with E-state index < -0.39 is 23.7 Å². The highest BCUT2D eigenvalue weighted by atomic mass is 79.9. The first-order valence-corrected chi connectivity index (χ1v) is 15.8. The van der Waals surface area contributed by atoms with Gasteiger partial charge in [0.05, 0.1) is 5.56 Å². The predicted molar refractivity (Wildman–Crippen MR) is 175 cm³/mol. The number of carbonyl (C=O) groups is 2. The van der Waals surface area contributed by atoms with E-state index in [1.54, 1.807) is 12.3 Å². The van der Waals surface area contributed by atoms with Crippen LogP contribution in [0, 0.1) is 0 Å². The molecule has 0 saturated carbocycles. The van der Waals surface area contributed by atoms with Gasteiger partial charge in [0.2, 0.25) is 11.8 Å². The van der Waals surface area contributed by atoms with E-state index in [9.17, 15) is 22.8 Å². The second-order valence-corrected chi connectivity index (χ2v) is 12.0. The molecular formula is C36H34BrF3N4O2. The first-order chi connectivity index (χ1) is 22.2. The minimum atomic E-state index is -4.45. The first-order valence-electron chi connectivity index (χ1n) is 15.0. The highest BCUT2D eigenvalue weighted by Crippen LogP contribution is 2.29. The number of hydrogen-bond acceptors (Lipinski definition) is 4. The van der Waals surface area contributed by atoms with Gasteiger partial charge >= 0.3 is 6.18 Å². The Morgan fingerprint density at radius 1 is 0.826 bits per heavy atom. The van der Waals surface area contributed by atoms with Crippen LogP contribution in [0.25, 0.3) is 6.08 Å². The Morgan fingerprint density at radius 3 is 2.04 bits per heavy atom. The Hall–Kier alpha value is -4.28. The molecule has 4 aromatic rings. The van der Waals surface area contributed by atoms with Crippen LogP contribution in [0.2, 0.25) is 0 Å². The number of nitrogens with zero attached hydrogens (tertiary/aromatic N) is 4. The summed E-state index contributed by atoms with van der Waals surface area (Å²) in [6, 6.07) is 27.1. The molecule has 1 aromatic heterocycles. The van der Waals surface area contributed by atoms with E-state index in [1.807, 2.05) is 59.5 Å². The van der Waals surface area contributed by atoms with E-state index >= 15 is 0 Å². The van der Waals surface area contributed by atoms with E-state index in [-0.39, 0.29) is 12.5 Å². The molecule has 1 fully saturated rings. The Bertz CT molecular complexity index is 1610. The smallest absolute Gasteiger partial charge is 0.338 e. The van der Waals surface area contributed by atoms with E-state index in [2.05, 4.69) is 37.9 Å². The summed E-state index contributed by atoms with van der Waals surface area (Å²) < 4.78 is 39.8. The zero-order chi connectivity index (χ0) is 32.5. The number of benzene rings is 3. The predicted octanol–water partition coefficient (Wildman–Crippen LogP) is 6.86. The summed E-state index contributed by atoms with van der Waals surface area (Å²) in [5, 5.41) is 0. The number of amides is 2. The third-order valence-electron chi connectivity index (χ3n) is 7.95. The summed E-state index contributed by atoms with van der Waals surface area (Å²) in [4.78, 5) is 38.2. The standard InChI is InChI=1S/C36H34BrF3N4O2/c37-33-17-13-30(24-41-33)26-44(34(45)18-14-27-11-15-31(16-12-27)36(38,39)40)32(23-28-7-3-1-4-8-28)35(46)43-21-19-42(20-22-43)25-29-9-5-2-6-10-29/h1-18,24,32H,19-23,25-26H2/b18-14+/t32-/m0/s1. The van der Waals surface area contributed by atoms with E-state index in [4.69, 9.17) is 0 Å². The fraction of sp³-hybridized carbons (Fsp3) is 0.250. The molecule has 0 unspecified atom stereocenters. The number of piperazine rings is 1. The molecule has 238 valence electrons. The van der Waals surface area contributed by atoms with Gasteiger partial charge in [-0.1, -0.05) is 78.9 Å². The minimum Gasteiger partial charge on any atom is -0.338 e. The summed E-state index contributed by atoms with van der Waals surface area (Å²) in [6.07, 6.45) is 0.287. The lowest BCUT2D eigenvalue weighted by Crippen LogP contribution is -2.56. The molecule has 0 N–H and O–H groups in total. The van der Waals surface area contributed by atoms with Crippen LogP contribution in [-0.4, -0.2) is 63.7 Å². The molecule has 2 heterocycles. The van der Waals surface area contributed by atoms with Crippen molar-refractivity contribution in [1.29, 1.82) is 0 Å². The van der Waals surface area contributed by atoms with Crippen molar-refractivity contribution >= 4 is 33.8 Å². The van der Waals surface area contributed by atoms with Gasteiger partial charge < -0.3 is 9.80 Å². The molecule has 1 aliphatic heterocycles. The number of alkyl halides is 3.